The Kier molecular flexibility index (Phi) is 7.35. The maximum absolute atomic E-state index is 13.0. The topological polar surface area (TPSA) is 66.1 Å². The second-order valence-corrected chi connectivity index (χ2v) is 8.90. The van der Waals surface area contributed by atoms with Gasteiger partial charge < -0.3 is 9.47 Å². The van der Waals surface area contributed by atoms with E-state index < -0.39 is 0 Å². The number of hydrogen-bond acceptors (Lipinski definition) is 3. The van der Waals surface area contributed by atoms with E-state index in [0.29, 0.717) is 25.9 Å². The van der Waals surface area contributed by atoms with Gasteiger partial charge in [0.1, 0.15) is 11.6 Å². The Hall–Kier alpha value is -3.13. The zero-order chi connectivity index (χ0) is 23.4. The lowest BCUT2D eigenvalue weighted by Gasteiger charge is -2.31. The van der Waals surface area contributed by atoms with Crippen molar-refractivity contribution in [3.63, 3.8) is 0 Å². The number of Topliss-reactive ketones (excluding diaryl/α,β-unsaturated/α-hetero) is 1. The lowest BCUT2D eigenvalue weighted by Crippen LogP contribution is -2.40. The quantitative estimate of drug-likeness (QED) is 0.360. The Labute approximate surface area is 191 Å². The molecule has 0 radical (unpaired) electrons. The summed E-state index contributed by atoms with van der Waals surface area (Å²) in [6.45, 7) is 12.1. The first kappa shape index (κ1) is 23.5. The average molecular weight is 432 g/mol. The van der Waals surface area contributed by atoms with Crippen molar-refractivity contribution in [1.29, 1.82) is 5.26 Å². The number of benzene rings is 1. The molecule has 2 heterocycles. The van der Waals surface area contributed by atoms with E-state index in [0.717, 1.165) is 46.6 Å². The Morgan fingerprint density at radius 3 is 2.41 bits per heavy atom. The van der Waals surface area contributed by atoms with Gasteiger partial charge in [-0.1, -0.05) is 30.7 Å². The predicted octanol–water partition coefficient (Wildman–Crippen LogP) is 5.16. The summed E-state index contributed by atoms with van der Waals surface area (Å²) in [7, 11) is 0. The fourth-order valence-electron chi connectivity index (χ4n) is 4.66. The molecule has 5 nitrogen and oxygen atoms in total. The van der Waals surface area contributed by atoms with E-state index in [1.807, 2.05) is 52.0 Å². The first-order chi connectivity index (χ1) is 15.3. The van der Waals surface area contributed by atoms with E-state index in [4.69, 9.17) is 0 Å². The number of aryl methyl sites for hydroxylation is 3. The molecule has 0 atom stereocenters. The highest BCUT2D eigenvalue weighted by Gasteiger charge is 2.30. The maximum atomic E-state index is 13.0. The summed E-state index contributed by atoms with van der Waals surface area (Å²) in [5.74, 6) is -0.165. The molecule has 1 aliphatic rings. The Balaban J connectivity index is 1.70. The number of aromatic nitrogens is 1. The number of carbonyl (C=O) groups excluding carboxylic acids is 2. The molecule has 5 heteroatoms. The minimum absolute atomic E-state index is 0.0806. The van der Waals surface area contributed by atoms with E-state index in [1.54, 1.807) is 11.0 Å². The number of piperidine rings is 1. The van der Waals surface area contributed by atoms with Gasteiger partial charge in [0, 0.05) is 42.5 Å². The zero-order valence-corrected chi connectivity index (χ0v) is 19.9. The lowest BCUT2D eigenvalue weighted by molar-refractivity contribution is -0.127. The van der Waals surface area contributed by atoms with Crippen molar-refractivity contribution >= 4 is 17.8 Å². The summed E-state index contributed by atoms with van der Waals surface area (Å²) in [5.41, 5.74) is 6.20. The minimum Gasteiger partial charge on any atom is -0.349 e. The smallest absolute Gasteiger partial charge is 0.264 e. The third-order valence-electron chi connectivity index (χ3n) is 6.51. The molecule has 0 spiro atoms. The van der Waals surface area contributed by atoms with Crippen molar-refractivity contribution in [3.05, 3.63) is 63.5 Å². The third kappa shape index (κ3) is 4.85. The van der Waals surface area contributed by atoms with Crippen molar-refractivity contribution in [1.82, 2.24) is 9.47 Å². The molecule has 168 valence electrons. The fraction of sp³-hybridized carbons (Fsp3) is 0.444. The van der Waals surface area contributed by atoms with E-state index in [9.17, 15) is 14.9 Å². The Bertz CT molecular complexity index is 1090. The number of nitriles is 1. The molecule has 2 aromatic rings. The third-order valence-corrected chi connectivity index (χ3v) is 6.51. The predicted molar refractivity (Wildman–Crippen MR) is 127 cm³/mol. The summed E-state index contributed by atoms with van der Waals surface area (Å²) in [4.78, 5) is 27.8. The zero-order valence-electron chi connectivity index (χ0n) is 19.9. The van der Waals surface area contributed by atoms with Gasteiger partial charge in [-0.15, -0.1) is 0 Å². The SMILES string of the molecule is CCCn1c(C)cc(/C=C(\C#N)C(=O)N2CCC(C(=O)c3ccc(C)cc3C)CC2)c1C. The molecule has 1 aromatic heterocycles. The average Bonchev–Trinajstić information content (AvgIpc) is 3.04. The highest BCUT2D eigenvalue weighted by atomic mass is 16.2. The van der Waals surface area contributed by atoms with Crippen molar-refractivity contribution in [2.75, 3.05) is 13.1 Å². The number of likely N-dealkylation sites (tertiary alicyclic amines) is 1. The minimum atomic E-state index is -0.245. The van der Waals surface area contributed by atoms with Crippen LogP contribution in [0.5, 0.6) is 0 Å². The van der Waals surface area contributed by atoms with Crippen LogP contribution in [0.4, 0.5) is 0 Å². The molecule has 1 fully saturated rings. The van der Waals surface area contributed by atoms with Crippen LogP contribution >= 0.6 is 0 Å². The molecule has 1 saturated heterocycles. The van der Waals surface area contributed by atoms with Gasteiger partial charge in [-0.25, -0.2) is 0 Å². The molecular formula is C27H33N3O2. The van der Waals surface area contributed by atoms with Crippen LogP contribution in [0, 0.1) is 44.9 Å². The van der Waals surface area contributed by atoms with E-state index in [-0.39, 0.29) is 23.2 Å². The molecule has 1 aliphatic heterocycles. The first-order valence-corrected chi connectivity index (χ1v) is 11.5. The number of nitrogens with zero attached hydrogens (tertiary/aromatic N) is 3. The molecule has 0 bridgehead atoms. The number of hydrogen-bond donors (Lipinski definition) is 0. The molecule has 0 N–H and O–H groups in total. The van der Waals surface area contributed by atoms with Gasteiger partial charge in [0.2, 0.25) is 0 Å². The lowest BCUT2D eigenvalue weighted by atomic mass is 9.87. The molecule has 3 rings (SSSR count). The number of ketones is 1. The van der Waals surface area contributed by atoms with Crippen LogP contribution in [-0.4, -0.2) is 34.2 Å². The number of carbonyl (C=O) groups is 2. The molecule has 1 aromatic carbocycles. The van der Waals surface area contributed by atoms with Crippen LogP contribution in [0.2, 0.25) is 0 Å². The summed E-state index contributed by atoms with van der Waals surface area (Å²) in [5, 5.41) is 9.67. The first-order valence-electron chi connectivity index (χ1n) is 11.5. The summed E-state index contributed by atoms with van der Waals surface area (Å²) in [6.07, 6.45) is 3.99. The van der Waals surface area contributed by atoms with Crippen LogP contribution in [0.1, 0.15) is 64.6 Å². The molecular weight excluding hydrogens is 398 g/mol. The van der Waals surface area contributed by atoms with Crippen LogP contribution in [0.15, 0.2) is 29.8 Å². The standard InChI is InChI=1S/C27H33N3O2/c1-6-11-30-20(4)15-23(21(30)5)16-24(17-28)27(32)29-12-9-22(10-13-29)26(31)25-8-7-18(2)14-19(25)3/h7-8,14-16,22H,6,9-13H2,1-5H3/b24-16+. The molecule has 1 amide bonds. The second kappa shape index (κ2) is 9.99. The highest BCUT2D eigenvalue weighted by molar-refractivity contribution is 6.02. The van der Waals surface area contributed by atoms with Gasteiger partial charge in [-0.2, -0.15) is 5.26 Å². The normalized spacial score (nSPS) is 15.0. The highest BCUT2D eigenvalue weighted by Crippen LogP contribution is 2.25. The largest absolute Gasteiger partial charge is 0.349 e. The second-order valence-electron chi connectivity index (χ2n) is 8.90. The van der Waals surface area contributed by atoms with Crippen LogP contribution < -0.4 is 0 Å². The summed E-state index contributed by atoms with van der Waals surface area (Å²) in [6, 6.07) is 10.1. The summed E-state index contributed by atoms with van der Waals surface area (Å²) < 4.78 is 2.22. The van der Waals surface area contributed by atoms with Gasteiger partial charge in [0.05, 0.1) is 0 Å². The van der Waals surface area contributed by atoms with Gasteiger partial charge in [-0.05, 0) is 70.2 Å². The van der Waals surface area contributed by atoms with E-state index in [1.165, 1.54) is 0 Å². The van der Waals surface area contributed by atoms with Gasteiger partial charge in [-0.3, -0.25) is 9.59 Å². The Morgan fingerprint density at radius 1 is 1.12 bits per heavy atom. The van der Waals surface area contributed by atoms with Gasteiger partial charge >= 0.3 is 0 Å². The fourth-order valence-corrected chi connectivity index (χ4v) is 4.66. The van der Waals surface area contributed by atoms with E-state index >= 15 is 0 Å². The van der Waals surface area contributed by atoms with Crippen LogP contribution in [-0.2, 0) is 11.3 Å². The van der Waals surface area contributed by atoms with Crippen molar-refractivity contribution in [2.24, 2.45) is 5.92 Å². The monoisotopic (exact) mass is 431 g/mol. The van der Waals surface area contributed by atoms with Crippen molar-refractivity contribution < 1.29 is 9.59 Å². The number of amides is 1. The van der Waals surface area contributed by atoms with Gasteiger partial charge in [0.15, 0.2) is 5.78 Å². The molecule has 0 saturated carbocycles. The molecule has 32 heavy (non-hydrogen) atoms. The van der Waals surface area contributed by atoms with E-state index in [2.05, 4.69) is 17.6 Å². The number of rotatable bonds is 6. The van der Waals surface area contributed by atoms with Crippen LogP contribution in [0.25, 0.3) is 6.08 Å². The van der Waals surface area contributed by atoms with Crippen molar-refractivity contribution in [2.45, 2.75) is 60.4 Å². The van der Waals surface area contributed by atoms with Crippen molar-refractivity contribution in [3.8, 4) is 6.07 Å². The van der Waals surface area contributed by atoms with Crippen LogP contribution in [0.3, 0.4) is 0 Å². The molecule has 0 aliphatic carbocycles. The summed E-state index contributed by atoms with van der Waals surface area (Å²) >= 11 is 0. The Morgan fingerprint density at radius 2 is 1.81 bits per heavy atom. The molecule has 0 unspecified atom stereocenters. The maximum Gasteiger partial charge on any atom is 0.264 e. The van der Waals surface area contributed by atoms with Gasteiger partial charge in [0.25, 0.3) is 5.91 Å².